The maximum atomic E-state index is 11.7. The Bertz CT molecular complexity index is 858. The van der Waals surface area contributed by atoms with E-state index in [9.17, 15) is 9.59 Å². The van der Waals surface area contributed by atoms with Crippen LogP contribution < -0.4 is 15.8 Å². The van der Waals surface area contributed by atoms with Crippen molar-refractivity contribution in [3.63, 3.8) is 0 Å². The van der Waals surface area contributed by atoms with Gasteiger partial charge in [-0.1, -0.05) is 36.4 Å². The fourth-order valence-electron chi connectivity index (χ4n) is 1.95. The van der Waals surface area contributed by atoms with Crippen LogP contribution in [0.15, 0.2) is 54.1 Å². The van der Waals surface area contributed by atoms with E-state index in [1.165, 1.54) is 6.08 Å². The summed E-state index contributed by atoms with van der Waals surface area (Å²) in [6.45, 7) is 0.441. The zero-order chi connectivity index (χ0) is 18.2. The minimum atomic E-state index is -1.01. The molecule has 0 saturated carbocycles. The van der Waals surface area contributed by atoms with Crippen molar-refractivity contribution in [3.8, 4) is 11.8 Å². The fraction of sp³-hybridized carbons (Fsp3) is 0.0556. The van der Waals surface area contributed by atoms with Crippen LogP contribution in [0.4, 0.5) is 4.79 Å². The molecule has 0 fully saturated rings. The number of nitriles is 1. The lowest BCUT2D eigenvalue weighted by molar-refractivity contribution is -0.115. The fourth-order valence-corrected chi connectivity index (χ4v) is 2.65. The van der Waals surface area contributed by atoms with Gasteiger partial charge in [0.1, 0.15) is 24.0 Å². The maximum absolute atomic E-state index is 11.7. The summed E-state index contributed by atoms with van der Waals surface area (Å²) in [5.74, 6) is -0.142. The third-order valence-electron chi connectivity index (χ3n) is 3.11. The number of urea groups is 1. The van der Waals surface area contributed by atoms with Gasteiger partial charge in [-0.25, -0.2) is 4.79 Å². The van der Waals surface area contributed by atoms with E-state index in [1.54, 1.807) is 24.3 Å². The van der Waals surface area contributed by atoms with Crippen LogP contribution in [0.25, 0.3) is 6.08 Å². The second kappa shape index (κ2) is 8.84. The average Bonchev–Trinajstić information content (AvgIpc) is 2.59. The van der Waals surface area contributed by atoms with Crippen molar-refractivity contribution in [2.45, 2.75) is 6.61 Å². The van der Waals surface area contributed by atoms with E-state index in [1.807, 2.05) is 35.6 Å². The van der Waals surface area contributed by atoms with E-state index in [2.05, 4.69) is 22.6 Å². The number of halogens is 1. The monoisotopic (exact) mass is 447 g/mol. The van der Waals surface area contributed by atoms with Gasteiger partial charge in [0.2, 0.25) is 0 Å². The van der Waals surface area contributed by atoms with Gasteiger partial charge in [-0.2, -0.15) is 5.26 Å². The summed E-state index contributed by atoms with van der Waals surface area (Å²) in [5.41, 5.74) is 6.35. The zero-order valence-corrected chi connectivity index (χ0v) is 15.2. The molecule has 0 heterocycles. The van der Waals surface area contributed by atoms with E-state index in [0.717, 1.165) is 9.13 Å². The van der Waals surface area contributed by atoms with Gasteiger partial charge in [-0.05, 0) is 51.9 Å². The molecule has 3 amide bonds. The third kappa shape index (κ3) is 5.61. The molecule has 126 valence electrons. The quantitative estimate of drug-likeness (QED) is 0.418. The molecule has 7 heteroatoms. The molecule has 0 aromatic heterocycles. The number of ether oxygens (including phenoxy) is 1. The Labute approximate surface area is 158 Å². The standard InChI is InChI=1S/C18H14IN3O3/c19-15-9-13(8-14(10-20)17(23)22-18(21)24)6-7-16(15)25-11-12-4-2-1-3-5-12/h1-9H,11H2,(H3,21,22,23,24)/b14-8-. The Hall–Kier alpha value is -2.86. The first-order valence-corrected chi connectivity index (χ1v) is 8.26. The summed E-state index contributed by atoms with van der Waals surface area (Å²) in [6, 6.07) is 15.8. The second-order valence-corrected chi connectivity index (χ2v) is 6.11. The number of nitrogens with zero attached hydrogens (tertiary/aromatic N) is 1. The molecular formula is C18H14IN3O3. The van der Waals surface area contributed by atoms with Gasteiger partial charge in [0.25, 0.3) is 5.91 Å². The summed E-state index contributed by atoms with van der Waals surface area (Å²) in [5, 5.41) is 10.9. The molecule has 2 aromatic carbocycles. The molecule has 0 aliphatic carbocycles. The first kappa shape index (κ1) is 18.5. The minimum absolute atomic E-state index is 0.215. The van der Waals surface area contributed by atoms with Crippen LogP contribution in [-0.4, -0.2) is 11.9 Å². The Morgan fingerprint density at radius 3 is 2.56 bits per heavy atom. The predicted octanol–water partition coefficient (Wildman–Crippen LogP) is 2.97. The molecule has 0 aliphatic heterocycles. The van der Waals surface area contributed by atoms with E-state index in [-0.39, 0.29) is 5.57 Å². The van der Waals surface area contributed by atoms with Gasteiger partial charge in [0, 0.05) is 0 Å². The number of carbonyl (C=O) groups excluding carboxylic acids is 2. The summed E-state index contributed by atoms with van der Waals surface area (Å²) in [7, 11) is 0. The normalized spacial score (nSPS) is 10.6. The topological polar surface area (TPSA) is 105 Å². The highest BCUT2D eigenvalue weighted by Crippen LogP contribution is 2.24. The van der Waals surface area contributed by atoms with Crippen LogP contribution in [0.3, 0.4) is 0 Å². The minimum Gasteiger partial charge on any atom is -0.488 e. The zero-order valence-electron chi connectivity index (χ0n) is 13.0. The molecule has 0 saturated heterocycles. The number of rotatable bonds is 5. The first-order chi connectivity index (χ1) is 12.0. The molecule has 0 atom stereocenters. The van der Waals surface area contributed by atoms with Gasteiger partial charge in [0.15, 0.2) is 0 Å². The number of imide groups is 1. The van der Waals surface area contributed by atoms with Gasteiger partial charge >= 0.3 is 6.03 Å². The number of benzene rings is 2. The molecule has 25 heavy (non-hydrogen) atoms. The van der Waals surface area contributed by atoms with E-state index in [0.29, 0.717) is 17.9 Å². The Morgan fingerprint density at radius 1 is 1.24 bits per heavy atom. The third-order valence-corrected chi connectivity index (χ3v) is 3.95. The van der Waals surface area contributed by atoms with Crippen LogP contribution in [0.5, 0.6) is 5.75 Å². The molecule has 0 spiro atoms. The Morgan fingerprint density at radius 2 is 1.96 bits per heavy atom. The van der Waals surface area contributed by atoms with E-state index in [4.69, 9.17) is 15.7 Å². The van der Waals surface area contributed by atoms with E-state index >= 15 is 0 Å². The largest absolute Gasteiger partial charge is 0.488 e. The van der Waals surface area contributed by atoms with Crippen molar-refractivity contribution in [3.05, 3.63) is 68.8 Å². The highest BCUT2D eigenvalue weighted by Gasteiger charge is 2.11. The van der Waals surface area contributed by atoms with Crippen molar-refractivity contribution in [2.75, 3.05) is 0 Å². The lowest BCUT2D eigenvalue weighted by Gasteiger charge is -2.09. The van der Waals surface area contributed by atoms with Crippen molar-refractivity contribution in [1.29, 1.82) is 5.26 Å². The molecule has 0 radical (unpaired) electrons. The van der Waals surface area contributed by atoms with Gasteiger partial charge in [0.05, 0.1) is 3.57 Å². The molecule has 0 aliphatic rings. The molecular weight excluding hydrogens is 433 g/mol. The predicted molar refractivity (Wildman–Crippen MR) is 101 cm³/mol. The smallest absolute Gasteiger partial charge is 0.319 e. The molecule has 0 bridgehead atoms. The van der Waals surface area contributed by atoms with Gasteiger partial charge in [-0.3, -0.25) is 10.1 Å². The Kier molecular flexibility index (Phi) is 6.54. The van der Waals surface area contributed by atoms with Crippen LogP contribution in [0.1, 0.15) is 11.1 Å². The number of hydrogen-bond donors (Lipinski definition) is 2. The summed E-state index contributed by atoms with van der Waals surface area (Å²) in [4.78, 5) is 22.4. The van der Waals surface area contributed by atoms with E-state index < -0.39 is 11.9 Å². The lowest BCUT2D eigenvalue weighted by atomic mass is 10.1. The summed E-state index contributed by atoms with van der Waals surface area (Å²) in [6.07, 6.45) is 1.38. The number of nitrogens with two attached hydrogens (primary N) is 1. The highest BCUT2D eigenvalue weighted by molar-refractivity contribution is 14.1. The number of carbonyl (C=O) groups is 2. The van der Waals surface area contributed by atoms with Crippen molar-refractivity contribution in [1.82, 2.24) is 5.32 Å². The van der Waals surface area contributed by atoms with Gasteiger partial charge in [-0.15, -0.1) is 0 Å². The number of amides is 3. The summed E-state index contributed by atoms with van der Waals surface area (Å²) >= 11 is 2.11. The molecule has 3 N–H and O–H groups in total. The van der Waals surface area contributed by atoms with Crippen molar-refractivity contribution >= 4 is 40.6 Å². The van der Waals surface area contributed by atoms with Gasteiger partial charge < -0.3 is 10.5 Å². The van der Waals surface area contributed by atoms with Crippen molar-refractivity contribution in [2.24, 2.45) is 5.73 Å². The summed E-state index contributed by atoms with van der Waals surface area (Å²) < 4.78 is 6.60. The molecule has 0 unspecified atom stereocenters. The van der Waals surface area contributed by atoms with Crippen LogP contribution in [-0.2, 0) is 11.4 Å². The lowest BCUT2D eigenvalue weighted by Crippen LogP contribution is -2.35. The molecule has 6 nitrogen and oxygen atoms in total. The van der Waals surface area contributed by atoms with Crippen LogP contribution >= 0.6 is 22.6 Å². The number of hydrogen-bond acceptors (Lipinski definition) is 4. The maximum Gasteiger partial charge on any atom is 0.319 e. The van der Waals surface area contributed by atoms with Crippen molar-refractivity contribution < 1.29 is 14.3 Å². The SMILES string of the molecule is N#C/C(=C/c1ccc(OCc2ccccc2)c(I)c1)C(=O)NC(N)=O. The molecule has 2 aromatic rings. The average molecular weight is 447 g/mol. The second-order valence-electron chi connectivity index (χ2n) is 4.95. The Balaban J connectivity index is 2.12. The highest BCUT2D eigenvalue weighted by atomic mass is 127. The first-order valence-electron chi connectivity index (χ1n) is 7.18. The number of nitrogens with one attached hydrogen (secondary N) is 1. The van der Waals surface area contributed by atoms with Crippen LogP contribution in [0, 0.1) is 14.9 Å². The van der Waals surface area contributed by atoms with Crippen LogP contribution in [0.2, 0.25) is 0 Å². The number of primary amides is 1. The molecule has 2 rings (SSSR count).